The van der Waals surface area contributed by atoms with Crippen LogP contribution < -0.4 is 24.8 Å². The van der Waals surface area contributed by atoms with Crippen molar-refractivity contribution in [2.24, 2.45) is 4.99 Å². The average Bonchev–Trinajstić information content (AvgIpc) is 2.74. The van der Waals surface area contributed by atoms with Gasteiger partial charge >= 0.3 is 0 Å². The first kappa shape index (κ1) is 25.8. The van der Waals surface area contributed by atoms with Crippen LogP contribution in [0.4, 0.5) is 4.39 Å². The number of methoxy groups -OCH3 is 3. The summed E-state index contributed by atoms with van der Waals surface area (Å²) in [7, 11) is 4.80. The lowest BCUT2D eigenvalue weighted by atomic mass is 10.1. The summed E-state index contributed by atoms with van der Waals surface area (Å²) in [5, 5.41) is 6.51. The van der Waals surface area contributed by atoms with E-state index in [4.69, 9.17) is 14.2 Å². The fraction of sp³-hybridized carbons (Fsp3) is 0.409. The zero-order valence-corrected chi connectivity index (χ0v) is 20.3. The van der Waals surface area contributed by atoms with Crippen LogP contribution in [0.1, 0.15) is 18.1 Å². The molecular weight excluding hydrogens is 500 g/mol. The molecule has 0 aliphatic heterocycles. The maximum absolute atomic E-state index is 13.7. The number of hydrogen-bond donors (Lipinski definition) is 2. The van der Waals surface area contributed by atoms with Gasteiger partial charge in [0.2, 0.25) is 5.75 Å². The number of nitrogens with zero attached hydrogens (tertiary/aromatic N) is 1. The lowest BCUT2D eigenvalue weighted by Crippen LogP contribution is -2.38. The zero-order valence-electron chi connectivity index (χ0n) is 18.0. The molecule has 6 nitrogen and oxygen atoms in total. The second-order valence-corrected chi connectivity index (χ2v) is 6.27. The number of ether oxygens (including phenoxy) is 3. The second-order valence-electron chi connectivity index (χ2n) is 6.27. The van der Waals surface area contributed by atoms with Gasteiger partial charge in [-0.3, -0.25) is 4.99 Å². The number of hydrogen-bond acceptors (Lipinski definition) is 4. The molecule has 0 saturated heterocycles. The van der Waals surface area contributed by atoms with E-state index in [1.54, 1.807) is 33.5 Å². The molecule has 0 atom stereocenters. The van der Waals surface area contributed by atoms with Gasteiger partial charge in [-0.25, -0.2) is 4.39 Å². The van der Waals surface area contributed by atoms with Gasteiger partial charge < -0.3 is 24.8 Å². The Morgan fingerprint density at radius 2 is 1.63 bits per heavy atom. The third kappa shape index (κ3) is 7.23. The van der Waals surface area contributed by atoms with Crippen molar-refractivity contribution in [3.63, 3.8) is 0 Å². The molecular formula is C22H31FIN3O3. The largest absolute Gasteiger partial charge is 0.493 e. The van der Waals surface area contributed by atoms with Gasteiger partial charge in [0, 0.05) is 25.2 Å². The van der Waals surface area contributed by atoms with Crippen LogP contribution in [-0.2, 0) is 12.8 Å². The van der Waals surface area contributed by atoms with E-state index >= 15 is 0 Å². The van der Waals surface area contributed by atoms with Crippen LogP contribution in [-0.4, -0.2) is 46.9 Å². The highest BCUT2D eigenvalue weighted by molar-refractivity contribution is 14.0. The summed E-state index contributed by atoms with van der Waals surface area (Å²) in [6.07, 6.45) is 1.26. The Labute approximate surface area is 195 Å². The van der Waals surface area contributed by atoms with Gasteiger partial charge in [0.15, 0.2) is 17.5 Å². The van der Waals surface area contributed by atoms with Crippen LogP contribution in [0.15, 0.2) is 41.4 Å². The lowest BCUT2D eigenvalue weighted by Gasteiger charge is -2.16. The number of benzene rings is 2. The van der Waals surface area contributed by atoms with E-state index in [0.29, 0.717) is 54.7 Å². The minimum Gasteiger partial charge on any atom is -0.493 e. The molecule has 0 saturated carbocycles. The van der Waals surface area contributed by atoms with Crippen molar-refractivity contribution in [2.45, 2.75) is 19.8 Å². The first-order valence-electron chi connectivity index (χ1n) is 9.68. The summed E-state index contributed by atoms with van der Waals surface area (Å²) >= 11 is 0. The molecule has 2 rings (SSSR count). The number of aliphatic imine (C=N–C) groups is 1. The van der Waals surface area contributed by atoms with E-state index in [-0.39, 0.29) is 29.8 Å². The lowest BCUT2D eigenvalue weighted by molar-refractivity contribution is 0.322. The van der Waals surface area contributed by atoms with Crippen LogP contribution in [0.3, 0.4) is 0 Å². The molecule has 0 spiro atoms. The monoisotopic (exact) mass is 531 g/mol. The molecule has 0 amide bonds. The van der Waals surface area contributed by atoms with Crippen LogP contribution in [0.2, 0.25) is 0 Å². The molecule has 166 valence electrons. The molecule has 0 aliphatic rings. The van der Waals surface area contributed by atoms with Crippen molar-refractivity contribution in [3.05, 3.63) is 53.3 Å². The highest BCUT2D eigenvalue weighted by atomic mass is 127. The van der Waals surface area contributed by atoms with Gasteiger partial charge in [0.1, 0.15) is 5.82 Å². The normalized spacial score (nSPS) is 10.8. The van der Waals surface area contributed by atoms with E-state index in [0.717, 1.165) is 12.1 Å². The summed E-state index contributed by atoms with van der Waals surface area (Å²) in [4.78, 5) is 4.54. The molecule has 0 aromatic heterocycles. The topological polar surface area (TPSA) is 64.1 Å². The van der Waals surface area contributed by atoms with Gasteiger partial charge in [-0.2, -0.15) is 0 Å². The summed E-state index contributed by atoms with van der Waals surface area (Å²) in [6, 6.07) is 10.6. The van der Waals surface area contributed by atoms with Crippen molar-refractivity contribution < 1.29 is 18.6 Å². The van der Waals surface area contributed by atoms with E-state index in [9.17, 15) is 4.39 Å². The maximum atomic E-state index is 13.7. The predicted molar refractivity (Wildman–Crippen MR) is 129 cm³/mol. The van der Waals surface area contributed by atoms with Gasteiger partial charge in [-0.1, -0.05) is 24.3 Å². The molecule has 0 unspecified atom stereocenters. The zero-order chi connectivity index (χ0) is 21.1. The van der Waals surface area contributed by atoms with Gasteiger partial charge in [-0.15, -0.1) is 24.0 Å². The third-order valence-electron chi connectivity index (χ3n) is 4.43. The number of rotatable bonds is 10. The Balaban J connectivity index is 0.00000450. The maximum Gasteiger partial charge on any atom is 0.203 e. The fourth-order valence-electron chi connectivity index (χ4n) is 3.01. The molecule has 2 N–H and O–H groups in total. The fourth-order valence-corrected chi connectivity index (χ4v) is 3.01. The molecule has 0 radical (unpaired) electrons. The highest BCUT2D eigenvalue weighted by Gasteiger charge is 2.15. The van der Waals surface area contributed by atoms with Crippen LogP contribution in [0, 0.1) is 5.82 Å². The SMILES string of the molecule is CCNC(=NCCc1ccccc1F)NCCc1ccc(OC)c(OC)c1OC.I. The Kier molecular flexibility index (Phi) is 12.0. The smallest absolute Gasteiger partial charge is 0.203 e. The Hall–Kier alpha value is -2.23. The van der Waals surface area contributed by atoms with E-state index in [1.165, 1.54) is 6.07 Å². The van der Waals surface area contributed by atoms with Crippen LogP contribution >= 0.6 is 24.0 Å². The minimum absolute atomic E-state index is 0. The number of halogens is 2. The molecule has 8 heteroatoms. The highest BCUT2D eigenvalue weighted by Crippen LogP contribution is 2.39. The average molecular weight is 531 g/mol. The molecule has 0 heterocycles. The molecule has 0 aliphatic carbocycles. The molecule has 0 bridgehead atoms. The van der Waals surface area contributed by atoms with E-state index in [1.807, 2.05) is 25.1 Å². The predicted octanol–water partition coefficient (Wildman–Crippen LogP) is 3.81. The third-order valence-corrected chi connectivity index (χ3v) is 4.43. The summed E-state index contributed by atoms with van der Waals surface area (Å²) in [6.45, 7) is 3.89. The molecule has 2 aromatic carbocycles. The summed E-state index contributed by atoms with van der Waals surface area (Å²) < 4.78 is 30.0. The van der Waals surface area contributed by atoms with E-state index in [2.05, 4.69) is 15.6 Å². The number of nitrogens with one attached hydrogen (secondary N) is 2. The van der Waals surface area contributed by atoms with Crippen molar-refractivity contribution in [1.82, 2.24) is 10.6 Å². The second kappa shape index (κ2) is 13.9. The van der Waals surface area contributed by atoms with Gasteiger partial charge in [0.25, 0.3) is 0 Å². The Morgan fingerprint density at radius 1 is 0.900 bits per heavy atom. The first-order valence-corrected chi connectivity index (χ1v) is 9.68. The van der Waals surface area contributed by atoms with Crippen LogP contribution in [0.5, 0.6) is 17.2 Å². The standard InChI is InChI=1S/C22H30FN3O3.HI/c1-5-24-22(25-14-12-16-8-6-7-9-18(16)23)26-15-13-17-10-11-19(27-2)21(29-4)20(17)28-3;/h6-11H,5,12-15H2,1-4H3,(H2,24,25,26);1H. The number of guanidine groups is 1. The Bertz CT molecular complexity index is 818. The van der Waals surface area contributed by atoms with Gasteiger partial charge in [-0.05, 0) is 37.5 Å². The quantitative estimate of drug-likeness (QED) is 0.278. The molecule has 2 aromatic rings. The minimum atomic E-state index is -0.193. The van der Waals surface area contributed by atoms with Crippen molar-refractivity contribution in [2.75, 3.05) is 41.0 Å². The molecule has 0 fully saturated rings. The summed E-state index contributed by atoms with van der Waals surface area (Å²) in [5.74, 6) is 2.38. The van der Waals surface area contributed by atoms with Crippen LogP contribution in [0.25, 0.3) is 0 Å². The van der Waals surface area contributed by atoms with Gasteiger partial charge in [0.05, 0.1) is 21.3 Å². The summed E-state index contributed by atoms with van der Waals surface area (Å²) in [5.41, 5.74) is 1.67. The van der Waals surface area contributed by atoms with E-state index < -0.39 is 0 Å². The van der Waals surface area contributed by atoms with Crippen molar-refractivity contribution in [1.29, 1.82) is 0 Å². The first-order chi connectivity index (χ1) is 14.1. The Morgan fingerprint density at radius 3 is 2.27 bits per heavy atom. The molecule has 30 heavy (non-hydrogen) atoms. The van der Waals surface area contributed by atoms with Crippen molar-refractivity contribution in [3.8, 4) is 17.2 Å². The van der Waals surface area contributed by atoms with Crippen molar-refractivity contribution >= 4 is 29.9 Å².